The summed E-state index contributed by atoms with van der Waals surface area (Å²) in [5.41, 5.74) is 5.75. The highest BCUT2D eigenvalue weighted by Crippen LogP contribution is 2.40. The van der Waals surface area contributed by atoms with Gasteiger partial charge in [-0.05, 0) is 31.7 Å². The lowest BCUT2D eigenvalue weighted by Crippen LogP contribution is -2.89. The van der Waals surface area contributed by atoms with E-state index in [2.05, 4.69) is 47.9 Å². The third-order valence-electron chi connectivity index (χ3n) is 6.00. The molecule has 0 radical (unpaired) electrons. The zero-order chi connectivity index (χ0) is 20.2. The fourth-order valence-electron chi connectivity index (χ4n) is 4.60. The molecule has 3 aromatic heterocycles. The smallest absolute Gasteiger partial charge is 0.229 e. The first kappa shape index (κ1) is 18.8. The van der Waals surface area contributed by atoms with Gasteiger partial charge in [0.1, 0.15) is 11.8 Å². The minimum atomic E-state index is -0.210. The molecular formula is C22H30N5O2+. The first-order valence-electron chi connectivity index (χ1n) is 10.7. The Morgan fingerprint density at radius 2 is 1.97 bits per heavy atom. The predicted octanol–water partition coefficient (Wildman–Crippen LogP) is 2.20. The fraction of sp³-hybridized carbons (Fsp3) is 0.591. The molecule has 2 aliphatic heterocycles. The number of nitrogens with two attached hydrogens (primary N) is 1. The fourth-order valence-corrected chi connectivity index (χ4v) is 4.60. The number of fused-ring (bicyclic) bond motifs is 5. The van der Waals surface area contributed by atoms with Gasteiger partial charge < -0.3 is 19.4 Å². The van der Waals surface area contributed by atoms with Crippen LogP contribution in [0.15, 0.2) is 10.7 Å². The predicted molar refractivity (Wildman–Crippen MR) is 112 cm³/mol. The summed E-state index contributed by atoms with van der Waals surface area (Å²) in [4.78, 5) is 16.5. The van der Waals surface area contributed by atoms with E-state index >= 15 is 0 Å². The minimum absolute atomic E-state index is 0.210. The van der Waals surface area contributed by atoms with E-state index in [9.17, 15) is 0 Å². The topological polar surface area (TPSA) is 80.9 Å². The average molecular weight is 397 g/mol. The molecule has 0 saturated carbocycles. The zero-order valence-corrected chi connectivity index (χ0v) is 17.8. The highest BCUT2D eigenvalue weighted by atomic mass is 16.5. The number of hydrogen-bond donors (Lipinski definition) is 1. The van der Waals surface area contributed by atoms with Gasteiger partial charge in [0, 0.05) is 12.0 Å². The maximum Gasteiger partial charge on any atom is 0.229 e. The summed E-state index contributed by atoms with van der Waals surface area (Å²) in [5, 5.41) is 3.39. The van der Waals surface area contributed by atoms with Crippen molar-refractivity contribution >= 4 is 28.0 Å². The zero-order valence-electron chi connectivity index (χ0n) is 17.8. The molecule has 0 bridgehead atoms. The Bertz CT molecular complexity index is 1070. The van der Waals surface area contributed by atoms with Gasteiger partial charge >= 0.3 is 0 Å². The lowest BCUT2D eigenvalue weighted by molar-refractivity contribution is -0.655. The van der Waals surface area contributed by atoms with E-state index in [4.69, 9.17) is 14.1 Å². The summed E-state index contributed by atoms with van der Waals surface area (Å²) in [7, 11) is 0. The summed E-state index contributed by atoms with van der Waals surface area (Å²) < 4.78 is 12.5. The van der Waals surface area contributed by atoms with Crippen LogP contribution in [0.1, 0.15) is 44.5 Å². The highest BCUT2D eigenvalue weighted by molar-refractivity contribution is 6.06. The lowest BCUT2D eigenvalue weighted by atomic mass is 9.88. The number of anilines is 1. The van der Waals surface area contributed by atoms with E-state index in [1.54, 1.807) is 6.33 Å². The Labute approximate surface area is 170 Å². The normalized spacial score (nSPS) is 19.3. The van der Waals surface area contributed by atoms with Gasteiger partial charge in [0.15, 0.2) is 11.4 Å². The summed E-state index contributed by atoms with van der Waals surface area (Å²) in [5.74, 6) is 1.41. The van der Waals surface area contributed by atoms with Crippen LogP contribution in [-0.4, -0.2) is 46.7 Å². The van der Waals surface area contributed by atoms with Gasteiger partial charge in [-0.25, -0.2) is 15.0 Å². The Kier molecular flexibility index (Phi) is 4.47. The van der Waals surface area contributed by atoms with Gasteiger partial charge in [-0.15, -0.1) is 0 Å². The number of quaternary nitrogens is 1. The standard InChI is InChI=1S/C22H29N5O2/c1-13(2)9-16-15-11-28-22(3,4)10-14(15)17-18-19(29-21(17)26-16)20(25-12-24-18)27-7-5-23-6-8-27/h12-13,23H,5-11H2,1-4H3/p+1. The molecule has 0 aliphatic carbocycles. The molecular weight excluding hydrogens is 366 g/mol. The monoisotopic (exact) mass is 396 g/mol. The molecule has 5 rings (SSSR count). The molecule has 7 heteroatoms. The second-order valence-electron chi connectivity index (χ2n) is 9.35. The third kappa shape index (κ3) is 3.26. The average Bonchev–Trinajstić information content (AvgIpc) is 3.06. The van der Waals surface area contributed by atoms with Crippen molar-refractivity contribution < 1.29 is 14.5 Å². The summed E-state index contributed by atoms with van der Waals surface area (Å²) in [6.07, 6.45) is 3.42. The van der Waals surface area contributed by atoms with Crippen molar-refractivity contribution in [1.29, 1.82) is 0 Å². The largest absolute Gasteiger partial charge is 0.432 e. The van der Waals surface area contributed by atoms with Crippen LogP contribution >= 0.6 is 0 Å². The van der Waals surface area contributed by atoms with E-state index in [1.807, 2.05) is 0 Å². The second kappa shape index (κ2) is 6.92. The number of ether oxygens (including phenoxy) is 1. The van der Waals surface area contributed by atoms with E-state index in [0.29, 0.717) is 18.2 Å². The van der Waals surface area contributed by atoms with Crippen LogP contribution in [-0.2, 0) is 24.2 Å². The maximum absolute atomic E-state index is 6.36. The Morgan fingerprint density at radius 1 is 1.17 bits per heavy atom. The molecule has 5 heterocycles. The van der Waals surface area contributed by atoms with Crippen LogP contribution in [0.3, 0.4) is 0 Å². The summed E-state index contributed by atoms with van der Waals surface area (Å²) in [6, 6.07) is 0. The molecule has 154 valence electrons. The van der Waals surface area contributed by atoms with Crippen molar-refractivity contribution in [3.63, 3.8) is 0 Å². The van der Waals surface area contributed by atoms with Crippen LogP contribution in [0.25, 0.3) is 22.2 Å². The quantitative estimate of drug-likeness (QED) is 0.731. The first-order valence-corrected chi connectivity index (χ1v) is 10.7. The number of aromatic nitrogens is 3. The van der Waals surface area contributed by atoms with Crippen molar-refractivity contribution in [3.05, 3.63) is 23.1 Å². The molecule has 1 saturated heterocycles. The molecule has 3 aromatic rings. The van der Waals surface area contributed by atoms with Crippen LogP contribution in [0, 0.1) is 5.92 Å². The number of piperazine rings is 1. The van der Waals surface area contributed by atoms with E-state index < -0.39 is 0 Å². The van der Waals surface area contributed by atoms with Crippen LogP contribution in [0.4, 0.5) is 5.82 Å². The van der Waals surface area contributed by atoms with Crippen LogP contribution < -0.4 is 10.2 Å². The van der Waals surface area contributed by atoms with Crippen molar-refractivity contribution in [2.24, 2.45) is 5.92 Å². The third-order valence-corrected chi connectivity index (χ3v) is 6.00. The van der Waals surface area contributed by atoms with E-state index in [1.165, 1.54) is 11.1 Å². The van der Waals surface area contributed by atoms with Gasteiger partial charge in [0.05, 0.1) is 49.5 Å². The van der Waals surface area contributed by atoms with Gasteiger partial charge in [0.2, 0.25) is 5.71 Å². The van der Waals surface area contributed by atoms with Crippen molar-refractivity contribution in [2.75, 3.05) is 31.1 Å². The van der Waals surface area contributed by atoms with E-state index in [-0.39, 0.29) is 5.60 Å². The molecule has 29 heavy (non-hydrogen) atoms. The maximum atomic E-state index is 6.36. The molecule has 1 fully saturated rings. The Balaban J connectivity index is 1.76. The Hall–Kier alpha value is -2.25. The van der Waals surface area contributed by atoms with Crippen molar-refractivity contribution in [1.82, 2.24) is 15.0 Å². The van der Waals surface area contributed by atoms with Gasteiger partial charge in [0.25, 0.3) is 0 Å². The number of hydrogen-bond acceptors (Lipinski definition) is 6. The molecule has 2 aliphatic rings. The SMILES string of the molecule is CC(C)Cc1nc2oc3c(N4CC[NH2+]CC4)ncnc3c2c2c1COC(C)(C)C2. The van der Waals surface area contributed by atoms with Gasteiger partial charge in [-0.2, -0.15) is 0 Å². The molecule has 0 spiro atoms. The molecule has 0 aromatic carbocycles. The summed E-state index contributed by atoms with van der Waals surface area (Å²) >= 11 is 0. The molecule has 0 unspecified atom stereocenters. The Morgan fingerprint density at radius 3 is 2.72 bits per heavy atom. The van der Waals surface area contributed by atoms with Crippen LogP contribution in [0.2, 0.25) is 0 Å². The number of nitrogens with zero attached hydrogens (tertiary/aromatic N) is 4. The van der Waals surface area contributed by atoms with Crippen molar-refractivity contribution in [2.45, 2.75) is 52.7 Å². The van der Waals surface area contributed by atoms with E-state index in [0.717, 1.165) is 67.0 Å². The first-order chi connectivity index (χ1) is 13.9. The number of rotatable bonds is 3. The highest BCUT2D eigenvalue weighted by Gasteiger charge is 2.33. The van der Waals surface area contributed by atoms with Gasteiger partial charge in [-0.3, -0.25) is 0 Å². The van der Waals surface area contributed by atoms with Gasteiger partial charge in [-0.1, -0.05) is 13.8 Å². The lowest BCUT2D eigenvalue weighted by Gasteiger charge is -2.33. The summed E-state index contributed by atoms with van der Waals surface area (Å²) in [6.45, 7) is 13.4. The molecule has 0 amide bonds. The minimum Gasteiger partial charge on any atom is -0.432 e. The molecule has 7 nitrogen and oxygen atoms in total. The molecule has 0 atom stereocenters. The molecule has 2 N–H and O–H groups in total. The van der Waals surface area contributed by atoms with Crippen molar-refractivity contribution in [3.8, 4) is 0 Å². The van der Waals surface area contributed by atoms with Crippen LogP contribution in [0.5, 0.6) is 0 Å². The number of furan rings is 1. The second-order valence-corrected chi connectivity index (χ2v) is 9.35. The number of pyridine rings is 1.